The van der Waals surface area contributed by atoms with Gasteiger partial charge < -0.3 is 9.47 Å². The molecule has 0 saturated carbocycles. The number of carbonyl (C=O) groups excluding carboxylic acids is 1. The number of rotatable bonds is 5. The molecule has 1 heterocycles. The van der Waals surface area contributed by atoms with E-state index in [2.05, 4.69) is 0 Å². The number of halogens is 2. The molecule has 0 atom stereocenters. The van der Waals surface area contributed by atoms with Crippen LogP contribution in [0.3, 0.4) is 0 Å². The molecule has 0 radical (unpaired) electrons. The lowest BCUT2D eigenvalue weighted by Gasteiger charge is -2.09. The van der Waals surface area contributed by atoms with E-state index in [1.807, 2.05) is 0 Å². The smallest absolute Gasteiger partial charge is 0.269 e. The minimum atomic E-state index is -0.452. The molecule has 31 heavy (non-hydrogen) atoms. The van der Waals surface area contributed by atoms with Crippen LogP contribution in [0.25, 0.3) is 6.08 Å². The normalized spacial score (nSPS) is 13.8. The number of fused-ring (bicyclic) bond motifs is 1. The molecule has 156 valence electrons. The summed E-state index contributed by atoms with van der Waals surface area (Å²) in [5, 5.41) is 11.6. The molecule has 0 bridgehead atoms. The molecule has 8 heteroatoms. The maximum atomic E-state index is 12.8. The van der Waals surface area contributed by atoms with Crippen molar-refractivity contribution in [3.63, 3.8) is 0 Å². The van der Waals surface area contributed by atoms with Gasteiger partial charge in [0.15, 0.2) is 5.76 Å². The SMILES string of the molecule is Cc1cc(OCc2ccc([N+](=O)[O-])cc2)cc2c1C(=O)/C(=C/c1ccc(Cl)c(Cl)c1)O2. The maximum absolute atomic E-state index is 12.8. The number of non-ortho nitro benzene ring substituents is 1. The van der Waals surface area contributed by atoms with E-state index in [-0.39, 0.29) is 23.8 Å². The van der Waals surface area contributed by atoms with Crippen molar-refractivity contribution in [2.24, 2.45) is 0 Å². The van der Waals surface area contributed by atoms with Crippen LogP contribution in [0, 0.1) is 17.0 Å². The number of nitrogens with zero attached hydrogens (tertiary/aromatic N) is 1. The average molecular weight is 456 g/mol. The molecule has 0 amide bonds. The van der Waals surface area contributed by atoms with Gasteiger partial charge in [0.1, 0.15) is 18.1 Å². The highest BCUT2D eigenvalue weighted by molar-refractivity contribution is 6.42. The van der Waals surface area contributed by atoms with E-state index in [1.165, 1.54) is 12.1 Å². The second-order valence-electron chi connectivity index (χ2n) is 6.94. The number of ether oxygens (including phenoxy) is 2. The molecule has 0 saturated heterocycles. The van der Waals surface area contributed by atoms with Crippen molar-refractivity contribution in [1.29, 1.82) is 0 Å². The number of hydrogen-bond donors (Lipinski definition) is 0. The standard InChI is InChI=1S/C23H15Cl2NO5/c1-13-8-17(30-12-14-2-5-16(6-3-14)26(28)29)11-20-22(13)23(27)21(31-20)10-15-4-7-18(24)19(25)9-15/h2-11H,12H2,1H3/b21-10-. The van der Waals surface area contributed by atoms with Gasteiger partial charge in [-0.25, -0.2) is 0 Å². The molecule has 3 aromatic carbocycles. The van der Waals surface area contributed by atoms with Gasteiger partial charge in [0.2, 0.25) is 5.78 Å². The Balaban J connectivity index is 1.53. The van der Waals surface area contributed by atoms with E-state index in [0.717, 1.165) is 11.1 Å². The van der Waals surface area contributed by atoms with Crippen LogP contribution in [0.1, 0.15) is 27.0 Å². The molecule has 1 aliphatic rings. The van der Waals surface area contributed by atoms with Crippen LogP contribution >= 0.6 is 23.2 Å². The van der Waals surface area contributed by atoms with Crippen LogP contribution in [0.2, 0.25) is 10.0 Å². The summed E-state index contributed by atoms with van der Waals surface area (Å²) in [5.74, 6) is 0.901. The zero-order valence-corrected chi connectivity index (χ0v) is 17.7. The molecule has 0 aromatic heterocycles. The Morgan fingerprint density at radius 3 is 2.48 bits per heavy atom. The van der Waals surface area contributed by atoms with E-state index < -0.39 is 4.92 Å². The Morgan fingerprint density at radius 1 is 1.06 bits per heavy atom. The predicted octanol–water partition coefficient (Wildman–Crippen LogP) is 6.41. The van der Waals surface area contributed by atoms with Gasteiger partial charge in [-0.2, -0.15) is 0 Å². The van der Waals surface area contributed by atoms with E-state index in [9.17, 15) is 14.9 Å². The number of benzene rings is 3. The first-order valence-corrected chi connectivity index (χ1v) is 9.97. The van der Waals surface area contributed by atoms with E-state index in [1.54, 1.807) is 55.5 Å². The number of carbonyl (C=O) groups is 1. The average Bonchev–Trinajstić information content (AvgIpc) is 3.05. The zero-order chi connectivity index (χ0) is 22.1. The Labute approximate surface area is 187 Å². The van der Waals surface area contributed by atoms with E-state index in [0.29, 0.717) is 32.7 Å². The summed E-state index contributed by atoms with van der Waals surface area (Å²) in [6.07, 6.45) is 1.61. The molecule has 1 aliphatic heterocycles. The Morgan fingerprint density at radius 2 is 1.81 bits per heavy atom. The molecule has 0 fully saturated rings. The minimum Gasteiger partial charge on any atom is -0.489 e. The number of hydrogen-bond acceptors (Lipinski definition) is 5. The second kappa shape index (κ2) is 8.41. The fourth-order valence-electron chi connectivity index (χ4n) is 3.19. The predicted molar refractivity (Wildman–Crippen MR) is 118 cm³/mol. The van der Waals surface area contributed by atoms with Crippen LogP contribution in [0.4, 0.5) is 5.69 Å². The van der Waals surface area contributed by atoms with Gasteiger partial charge in [-0.1, -0.05) is 29.3 Å². The van der Waals surface area contributed by atoms with E-state index in [4.69, 9.17) is 32.7 Å². The first kappa shape index (κ1) is 20.9. The highest BCUT2D eigenvalue weighted by atomic mass is 35.5. The van der Waals surface area contributed by atoms with Crippen molar-refractivity contribution in [1.82, 2.24) is 0 Å². The van der Waals surface area contributed by atoms with Crippen molar-refractivity contribution in [2.45, 2.75) is 13.5 Å². The summed E-state index contributed by atoms with van der Waals surface area (Å²) >= 11 is 12.0. The van der Waals surface area contributed by atoms with Crippen molar-refractivity contribution in [2.75, 3.05) is 0 Å². The first-order valence-electron chi connectivity index (χ1n) is 9.22. The van der Waals surface area contributed by atoms with Crippen molar-refractivity contribution in [3.8, 4) is 11.5 Å². The number of allylic oxidation sites excluding steroid dienone is 1. The summed E-state index contributed by atoms with van der Waals surface area (Å²) in [4.78, 5) is 23.1. The third-order valence-electron chi connectivity index (χ3n) is 4.74. The third-order valence-corrected chi connectivity index (χ3v) is 5.48. The lowest BCUT2D eigenvalue weighted by atomic mass is 10.0. The van der Waals surface area contributed by atoms with E-state index >= 15 is 0 Å². The topological polar surface area (TPSA) is 78.7 Å². The number of Topliss-reactive ketones (excluding diaryl/α,β-unsaturated/α-hetero) is 1. The van der Waals surface area contributed by atoms with Crippen LogP contribution in [0.5, 0.6) is 11.5 Å². The van der Waals surface area contributed by atoms with Gasteiger partial charge in [0.25, 0.3) is 5.69 Å². The first-order chi connectivity index (χ1) is 14.8. The highest BCUT2D eigenvalue weighted by Crippen LogP contribution is 2.38. The fraction of sp³-hybridized carbons (Fsp3) is 0.0870. The van der Waals surface area contributed by atoms with Crippen molar-refractivity contribution < 1.29 is 19.2 Å². The zero-order valence-electron chi connectivity index (χ0n) is 16.2. The molecule has 4 rings (SSSR count). The van der Waals surface area contributed by atoms with Crippen LogP contribution in [-0.2, 0) is 6.61 Å². The molecule has 0 aliphatic carbocycles. The minimum absolute atomic E-state index is 0.0188. The summed E-state index contributed by atoms with van der Waals surface area (Å²) in [6.45, 7) is 2.02. The largest absolute Gasteiger partial charge is 0.489 e. The van der Waals surface area contributed by atoms with Crippen LogP contribution < -0.4 is 9.47 Å². The quantitative estimate of drug-likeness (QED) is 0.252. The Hall–Kier alpha value is -3.35. The Kier molecular flexibility index (Phi) is 5.67. The lowest BCUT2D eigenvalue weighted by Crippen LogP contribution is -2.00. The summed E-state index contributed by atoms with van der Waals surface area (Å²) in [6, 6.07) is 14.6. The third kappa shape index (κ3) is 4.40. The summed E-state index contributed by atoms with van der Waals surface area (Å²) in [7, 11) is 0. The number of ketones is 1. The van der Waals surface area contributed by atoms with Gasteiger partial charge in [0.05, 0.1) is 20.5 Å². The highest BCUT2D eigenvalue weighted by Gasteiger charge is 2.30. The summed E-state index contributed by atoms with van der Waals surface area (Å²) < 4.78 is 11.6. The van der Waals surface area contributed by atoms with Gasteiger partial charge in [0, 0.05) is 18.2 Å². The molecular formula is C23H15Cl2NO5. The number of nitro groups is 1. The van der Waals surface area contributed by atoms with Gasteiger partial charge in [-0.15, -0.1) is 0 Å². The summed E-state index contributed by atoms with van der Waals surface area (Å²) in [5.41, 5.74) is 2.69. The molecule has 6 nitrogen and oxygen atoms in total. The van der Waals surface area contributed by atoms with Gasteiger partial charge in [-0.3, -0.25) is 14.9 Å². The van der Waals surface area contributed by atoms with Gasteiger partial charge in [-0.05, 0) is 60.0 Å². The number of aryl methyl sites for hydroxylation is 1. The Bertz CT molecular complexity index is 1240. The van der Waals surface area contributed by atoms with Crippen molar-refractivity contribution >= 4 is 40.7 Å². The van der Waals surface area contributed by atoms with Crippen LogP contribution in [-0.4, -0.2) is 10.7 Å². The van der Waals surface area contributed by atoms with Crippen molar-refractivity contribution in [3.05, 3.63) is 103 Å². The molecule has 0 spiro atoms. The maximum Gasteiger partial charge on any atom is 0.269 e. The monoisotopic (exact) mass is 455 g/mol. The van der Waals surface area contributed by atoms with Gasteiger partial charge >= 0.3 is 0 Å². The second-order valence-corrected chi connectivity index (χ2v) is 7.75. The molecule has 0 unspecified atom stereocenters. The molecular weight excluding hydrogens is 441 g/mol. The molecule has 3 aromatic rings. The fourth-order valence-corrected chi connectivity index (χ4v) is 3.50. The number of nitro benzene ring substituents is 1. The molecule has 0 N–H and O–H groups in total. The van der Waals surface area contributed by atoms with Crippen LogP contribution in [0.15, 0.2) is 60.4 Å². The lowest BCUT2D eigenvalue weighted by molar-refractivity contribution is -0.384.